The van der Waals surface area contributed by atoms with E-state index in [-0.39, 0.29) is 0 Å². The van der Waals surface area contributed by atoms with Gasteiger partial charge in [0.15, 0.2) is 0 Å². The Balaban J connectivity index is 2.17. The van der Waals surface area contributed by atoms with Gasteiger partial charge >= 0.3 is 0 Å². The Labute approximate surface area is 108 Å². The van der Waals surface area contributed by atoms with E-state index in [9.17, 15) is 0 Å². The van der Waals surface area contributed by atoms with Crippen LogP contribution in [0.3, 0.4) is 0 Å². The zero-order valence-electron chi connectivity index (χ0n) is 10.8. The Kier molecular flexibility index (Phi) is 3.89. The van der Waals surface area contributed by atoms with E-state index in [1.807, 2.05) is 6.20 Å². The number of likely N-dealkylation sites (N-methyl/N-ethyl adjacent to an activating group) is 1. The highest BCUT2D eigenvalue weighted by atomic mass is 35.5. The van der Waals surface area contributed by atoms with Crippen molar-refractivity contribution in [3.05, 3.63) is 23.4 Å². The Morgan fingerprint density at radius 2 is 2.24 bits per heavy atom. The van der Waals surface area contributed by atoms with Crippen LogP contribution in [-0.4, -0.2) is 42.6 Å². The standard InChI is InChI=1S/C13H20ClN3/c1-10-6-12(7-14)8-15-13(10)17-5-4-16(3)11(2)9-17/h6,8,11H,4-5,7,9H2,1-3H3. The molecule has 0 aromatic carbocycles. The molecule has 1 atom stereocenters. The number of pyridine rings is 1. The van der Waals surface area contributed by atoms with Crippen molar-refractivity contribution in [2.45, 2.75) is 25.8 Å². The third-order valence-electron chi connectivity index (χ3n) is 3.52. The zero-order chi connectivity index (χ0) is 12.4. The van der Waals surface area contributed by atoms with E-state index in [2.05, 4.69) is 41.7 Å². The summed E-state index contributed by atoms with van der Waals surface area (Å²) >= 11 is 5.82. The number of rotatable bonds is 2. The van der Waals surface area contributed by atoms with E-state index in [4.69, 9.17) is 11.6 Å². The van der Waals surface area contributed by atoms with Crippen LogP contribution in [0.5, 0.6) is 0 Å². The molecule has 3 nitrogen and oxygen atoms in total. The molecule has 1 aliphatic rings. The first-order valence-electron chi connectivity index (χ1n) is 6.08. The number of aryl methyl sites for hydroxylation is 1. The zero-order valence-corrected chi connectivity index (χ0v) is 11.5. The number of nitrogens with zero attached hydrogens (tertiary/aromatic N) is 3. The van der Waals surface area contributed by atoms with E-state index in [0.29, 0.717) is 11.9 Å². The van der Waals surface area contributed by atoms with Gasteiger partial charge in [-0.1, -0.05) is 0 Å². The molecule has 0 saturated carbocycles. The van der Waals surface area contributed by atoms with E-state index in [0.717, 1.165) is 31.0 Å². The normalized spacial score (nSPS) is 21.9. The Morgan fingerprint density at radius 1 is 1.47 bits per heavy atom. The minimum absolute atomic E-state index is 0.535. The maximum absolute atomic E-state index is 5.82. The largest absolute Gasteiger partial charge is 0.354 e. The molecule has 0 amide bonds. The van der Waals surface area contributed by atoms with Gasteiger partial charge in [-0.25, -0.2) is 4.98 Å². The van der Waals surface area contributed by atoms with Gasteiger partial charge in [0.25, 0.3) is 0 Å². The summed E-state index contributed by atoms with van der Waals surface area (Å²) in [5.74, 6) is 1.64. The monoisotopic (exact) mass is 253 g/mol. The number of alkyl halides is 1. The van der Waals surface area contributed by atoms with Crippen molar-refractivity contribution in [2.24, 2.45) is 0 Å². The highest BCUT2D eigenvalue weighted by Crippen LogP contribution is 2.21. The third kappa shape index (κ3) is 2.72. The first-order chi connectivity index (χ1) is 8.11. The number of halogens is 1. The molecule has 0 N–H and O–H groups in total. The molecule has 1 aromatic heterocycles. The van der Waals surface area contributed by atoms with Crippen LogP contribution in [0.25, 0.3) is 0 Å². The lowest BCUT2D eigenvalue weighted by Gasteiger charge is -2.38. The summed E-state index contributed by atoms with van der Waals surface area (Å²) < 4.78 is 0. The molecule has 1 aliphatic heterocycles. The lowest BCUT2D eigenvalue weighted by Crippen LogP contribution is -2.50. The lowest BCUT2D eigenvalue weighted by atomic mass is 10.1. The van der Waals surface area contributed by atoms with Crippen LogP contribution in [0, 0.1) is 6.92 Å². The van der Waals surface area contributed by atoms with Gasteiger partial charge in [0.2, 0.25) is 0 Å². The molecular weight excluding hydrogens is 234 g/mol. The second-order valence-corrected chi connectivity index (χ2v) is 5.16. The van der Waals surface area contributed by atoms with Crippen LogP contribution in [-0.2, 0) is 5.88 Å². The van der Waals surface area contributed by atoms with Gasteiger partial charge in [0.05, 0.1) is 0 Å². The molecule has 0 bridgehead atoms. The predicted octanol–water partition coefficient (Wildman–Crippen LogP) is 2.27. The average molecular weight is 254 g/mol. The van der Waals surface area contributed by atoms with Crippen LogP contribution in [0.2, 0.25) is 0 Å². The highest BCUT2D eigenvalue weighted by molar-refractivity contribution is 6.17. The van der Waals surface area contributed by atoms with Crippen molar-refractivity contribution in [3.63, 3.8) is 0 Å². The van der Waals surface area contributed by atoms with Crippen molar-refractivity contribution in [1.82, 2.24) is 9.88 Å². The first-order valence-corrected chi connectivity index (χ1v) is 6.62. The summed E-state index contributed by atoms with van der Waals surface area (Å²) in [7, 11) is 2.18. The van der Waals surface area contributed by atoms with E-state index >= 15 is 0 Å². The number of hydrogen-bond donors (Lipinski definition) is 0. The Morgan fingerprint density at radius 3 is 2.82 bits per heavy atom. The fraction of sp³-hybridized carbons (Fsp3) is 0.615. The summed E-state index contributed by atoms with van der Waals surface area (Å²) in [5.41, 5.74) is 2.31. The van der Waals surface area contributed by atoms with Crippen LogP contribution >= 0.6 is 11.6 Å². The van der Waals surface area contributed by atoms with E-state index in [1.165, 1.54) is 5.56 Å². The fourth-order valence-corrected chi connectivity index (χ4v) is 2.42. The predicted molar refractivity (Wildman–Crippen MR) is 72.8 cm³/mol. The van der Waals surface area contributed by atoms with Crippen molar-refractivity contribution < 1.29 is 0 Å². The fourth-order valence-electron chi connectivity index (χ4n) is 2.27. The highest BCUT2D eigenvalue weighted by Gasteiger charge is 2.22. The summed E-state index contributed by atoms with van der Waals surface area (Å²) in [6.45, 7) is 7.56. The van der Waals surface area contributed by atoms with Crippen molar-refractivity contribution in [2.75, 3.05) is 31.6 Å². The molecule has 0 spiro atoms. The number of piperazine rings is 1. The van der Waals surface area contributed by atoms with Gasteiger partial charge in [-0.05, 0) is 38.1 Å². The number of aromatic nitrogens is 1. The quantitative estimate of drug-likeness (QED) is 0.754. The second-order valence-electron chi connectivity index (χ2n) is 4.89. The third-order valence-corrected chi connectivity index (χ3v) is 3.83. The van der Waals surface area contributed by atoms with Crippen LogP contribution in [0.4, 0.5) is 5.82 Å². The molecule has 4 heteroatoms. The maximum Gasteiger partial charge on any atom is 0.131 e. The molecule has 1 unspecified atom stereocenters. The summed E-state index contributed by atoms with van der Waals surface area (Å²) in [5, 5.41) is 0. The van der Waals surface area contributed by atoms with Gasteiger partial charge in [0.1, 0.15) is 5.82 Å². The van der Waals surface area contributed by atoms with Crippen molar-refractivity contribution in [3.8, 4) is 0 Å². The number of hydrogen-bond acceptors (Lipinski definition) is 3. The molecule has 94 valence electrons. The van der Waals surface area contributed by atoms with E-state index < -0.39 is 0 Å². The molecule has 0 aliphatic carbocycles. The van der Waals surface area contributed by atoms with E-state index in [1.54, 1.807) is 0 Å². The summed E-state index contributed by atoms with van der Waals surface area (Å²) in [6.07, 6.45) is 1.89. The lowest BCUT2D eigenvalue weighted by molar-refractivity contribution is 0.233. The van der Waals surface area contributed by atoms with Gasteiger partial charge in [-0.3, -0.25) is 0 Å². The minimum atomic E-state index is 0.535. The van der Waals surface area contributed by atoms with Crippen molar-refractivity contribution >= 4 is 17.4 Å². The van der Waals surface area contributed by atoms with Gasteiger partial charge < -0.3 is 9.80 Å². The molecule has 0 radical (unpaired) electrons. The van der Waals surface area contributed by atoms with Crippen LogP contribution < -0.4 is 4.90 Å². The van der Waals surface area contributed by atoms with Crippen molar-refractivity contribution in [1.29, 1.82) is 0 Å². The van der Waals surface area contributed by atoms with Gasteiger partial charge in [0, 0.05) is 37.8 Å². The number of anilines is 1. The van der Waals surface area contributed by atoms with Gasteiger partial charge in [-0.15, -0.1) is 11.6 Å². The SMILES string of the molecule is Cc1cc(CCl)cnc1N1CCN(C)C(C)C1. The maximum atomic E-state index is 5.82. The minimum Gasteiger partial charge on any atom is -0.354 e. The molecular formula is C13H20ClN3. The smallest absolute Gasteiger partial charge is 0.131 e. The molecule has 2 rings (SSSR count). The second kappa shape index (κ2) is 5.23. The molecule has 17 heavy (non-hydrogen) atoms. The molecule has 2 heterocycles. The summed E-state index contributed by atoms with van der Waals surface area (Å²) in [4.78, 5) is 9.32. The average Bonchev–Trinajstić information content (AvgIpc) is 2.32. The topological polar surface area (TPSA) is 19.4 Å². The Hall–Kier alpha value is -0.800. The molecule has 1 fully saturated rings. The van der Waals surface area contributed by atoms with Gasteiger partial charge in [-0.2, -0.15) is 0 Å². The first kappa shape index (κ1) is 12.7. The summed E-state index contributed by atoms with van der Waals surface area (Å²) in [6, 6.07) is 2.72. The Bertz CT molecular complexity index is 394. The molecule has 1 saturated heterocycles. The molecule has 1 aromatic rings. The van der Waals surface area contributed by atoms with Crippen LogP contribution in [0.1, 0.15) is 18.1 Å². The van der Waals surface area contributed by atoms with Crippen LogP contribution in [0.15, 0.2) is 12.3 Å².